The Labute approximate surface area is 138 Å². The van der Waals surface area contributed by atoms with Crippen LogP contribution in [0.1, 0.15) is 5.56 Å². The lowest BCUT2D eigenvalue weighted by molar-refractivity contribution is 0.236. The van der Waals surface area contributed by atoms with Gasteiger partial charge in [-0.05, 0) is 18.6 Å². The Kier molecular flexibility index (Phi) is 6.18. The molecule has 1 heterocycles. The summed E-state index contributed by atoms with van der Waals surface area (Å²) >= 11 is 0. The number of H-pyrrole nitrogens is 1. The lowest BCUT2D eigenvalue weighted by Gasteiger charge is -2.11. The van der Waals surface area contributed by atoms with Crippen molar-refractivity contribution in [1.82, 2.24) is 20.2 Å². The number of amides is 2. The Morgan fingerprint density at radius 3 is 2.67 bits per heavy atom. The zero-order chi connectivity index (χ0) is 17.4. The van der Waals surface area contributed by atoms with Gasteiger partial charge in [-0.2, -0.15) is 0 Å². The molecule has 2 amide bonds. The van der Waals surface area contributed by atoms with Crippen molar-refractivity contribution in [1.29, 1.82) is 0 Å². The third kappa shape index (κ3) is 5.31. The number of urea groups is 1. The number of aromatic amines is 1. The maximum absolute atomic E-state index is 11.6. The molecule has 8 nitrogen and oxygen atoms in total. The number of aromatic nitrogens is 2. The summed E-state index contributed by atoms with van der Waals surface area (Å²) in [6.07, 6.45) is 1.39. The first-order chi connectivity index (χ1) is 11.6. The van der Waals surface area contributed by atoms with Crippen LogP contribution in [0.25, 0.3) is 0 Å². The smallest absolute Gasteiger partial charge is 0.328 e. The summed E-state index contributed by atoms with van der Waals surface area (Å²) in [6.45, 7) is 3.20. The second kappa shape index (κ2) is 8.56. The molecule has 0 aliphatic heterocycles. The van der Waals surface area contributed by atoms with Gasteiger partial charge in [0.25, 0.3) is 5.56 Å². The van der Waals surface area contributed by atoms with Crippen LogP contribution in [-0.2, 0) is 6.54 Å². The standard InChI is InChI=1S/C16H20N4O4/c1-12-4-2-3-5-13(12)24-11-8-18-15(22)17-7-10-20-9-6-14(21)19-16(20)23/h2-6,9H,7-8,10-11H2,1H3,(H2,17,18,22)(H,19,21,23). The van der Waals surface area contributed by atoms with Gasteiger partial charge in [0.05, 0.1) is 6.54 Å². The highest BCUT2D eigenvalue weighted by atomic mass is 16.5. The molecule has 0 fully saturated rings. The molecule has 1 aromatic heterocycles. The summed E-state index contributed by atoms with van der Waals surface area (Å²) in [4.78, 5) is 36.2. The van der Waals surface area contributed by atoms with Gasteiger partial charge in [-0.15, -0.1) is 0 Å². The molecular formula is C16H20N4O4. The quantitative estimate of drug-likeness (QED) is 0.631. The number of carbonyl (C=O) groups is 1. The fourth-order valence-electron chi connectivity index (χ4n) is 2.02. The average Bonchev–Trinajstić information content (AvgIpc) is 2.55. The average molecular weight is 332 g/mol. The third-order valence-electron chi connectivity index (χ3n) is 3.27. The van der Waals surface area contributed by atoms with Gasteiger partial charge in [0, 0.05) is 25.4 Å². The van der Waals surface area contributed by atoms with Gasteiger partial charge in [0.1, 0.15) is 12.4 Å². The molecule has 0 bridgehead atoms. The largest absolute Gasteiger partial charge is 0.491 e. The third-order valence-corrected chi connectivity index (χ3v) is 3.27. The van der Waals surface area contributed by atoms with Crippen LogP contribution in [0, 0.1) is 6.92 Å². The number of hydrogen-bond donors (Lipinski definition) is 3. The number of benzene rings is 1. The number of nitrogens with zero attached hydrogens (tertiary/aromatic N) is 1. The van der Waals surface area contributed by atoms with Crippen LogP contribution in [0.5, 0.6) is 5.75 Å². The SMILES string of the molecule is Cc1ccccc1OCCNC(=O)NCCn1ccc(=O)[nH]c1=O. The fraction of sp³-hybridized carbons (Fsp3) is 0.312. The van der Waals surface area contributed by atoms with Crippen LogP contribution in [0.15, 0.2) is 46.1 Å². The number of carbonyl (C=O) groups excluding carboxylic acids is 1. The number of hydrogen-bond acceptors (Lipinski definition) is 4. The van der Waals surface area contributed by atoms with Gasteiger partial charge in [0.15, 0.2) is 0 Å². The number of aryl methyl sites for hydroxylation is 1. The van der Waals surface area contributed by atoms with Crippen molar-refractivity contribution in [3.63, 3.8) is 0 Å². The minimum atomic E-state index is -0.503. The minimum Gasteiger partial charge on any atom is -0.491 e. The molecule has 2 rings (SSSR count). The summed E-state index contributed by atoms with van der Waals surface area (Å²) in [6, 6.07) is 8.56. The van der Waals surface area contributed by atoms with Gasteiger partial charge < -0.3 is 15.4 Å². The molecule has 3 N–H and O–H groups in total. The van der Waals surface area contributed by atoms with Crippen molar-refractivity contribution in [2.24, 2.45) is 0 Å². The van der Waals surface area contributed by atoms with Crippen molar-refractivity contribution in [3.8, 4) is 5.75 Å². The van der Waals surface area contributed by atoms with E-state index in [0.29, 0.717) is 13.2 Å². The van der Waals surface area contributed by atoms with E-state index in [1.54, 1.807) is 0 Å². The van der Waals surface area contributed by atoms with Crippen LogP contribution >= 0.6 is 0 Å². The fourth-order valence-corrected chi connectivity index (χ4v) is 2.02. The number of nitrogens with one attached hydrogen (secondary N) is 3. The molecule has 0 saturated carbocycles. The molecular weight excluding hydrogens is 312 g/mol. The highest BCUT2D eigenvalue weighted by molar-refractivity contribution is 5.73. The van der Waals surface area contributed by atoms with Gasteiger partial charge >= 0.3 is 11.7 Å². The maximum atomic E-state index is 11.6. The number of para-hydroxylation sites is 1. The van der Waals surface area contributed by atoms with Gasteiger partial charge in [-0.25, -0.2) is 9.59 Å². The number of rotatable bonds is 7. The highest BCUT2D eigenvalue weighted by Gasteiger charge is 2.02. The van der Waals surface area contributed by atoms with Crippen molar-refractivity contribution in [3.05, 3.63) is 62.9 Å². The molecule has 0 atom stereocenters. The summed E-state index contributed by atoms with van der Waals surface area (Å²) in [7, 11) is 0. The highest BCUT2D eigenvalue weighted by Crippen LogP contribution is 2.15. The molecule has 8 heteroatoms. The monoisotopic (exact) mass is 332 g/mol. The van der Waals surface area contributed by atoms with E-state index in [1.165, 1.54) is 16.8 Å². The summed E-state index contributed by atoms with van der Waals surface area (Å²) < 4.78 is 6.87. The lowest BCUT2D eigenvalue weighted by Crippen LogP contribution is -2.40. The van der Waals surface area contributed by atoms with Crippen LogP contribution in [-0.4, -0.2) is 35.3 Å². The van der Waals surface area contributed by atoms with Gasteiger partial charge in [-0.1, -0.05) is 18.2 Å². The summed E-state index contributed by atoms with van der Waals surface area (Å²) in [5.74, 6) is 0.789. The van der Waals surface area contributed by atoms with Crippen LogP contribution in [0.3, 0.4) is 0 Å². The summed E-state index contributed by atoms with van der Waals surface area (Å²) in [5, 5.41) is 5.29. The molecule has 0 aliphatic carbocycles. The minimum absolute atomic E-state index is 0.260. The molecule has 1 aromatic carbocycles. The van der Waals surface area contributed by atoms with E-state index in [0.717, 1.165) is 11.3 Å². The zero-order valence-electron chi connectivity index (χ0n) is 13.4. The normalized spacial score (nSPS) is 10.2. The van der Waals surface area contributed by atoms with Crippen molar-refractivity contribution in [2.45, 2.75) is 13.5 Å². The Morgan fingerprint density at radius 2 is 1.92 bits per heavy atom. The predicted octanol–water partition coefficient (Wildman–Crippen LogP) is 0.223. The topological polar surface area (TPSA) is 105 Å². The molecule has 0 spiro atoms. The van der Waals surface area contributed by atoms with Crippen molar-refractivity contribution >= 4 is 6.03 Å². The molecule has 128 valence electrons. The Bertz CT molecular complexity index is 797. The van der Waals surface area contributed by atoms with E-state index in [2.05, 4.69) is 15.6 Å². The van der Waals surface area contributed by atoms with Crippen LogP contribution in [0.4, 0.5) is 4.79 Å². The molecule has 0 aliphatic rings. The molecule has 0 saturated heterocycles. The summed E-state index contributed by atoms with van der Waals surface area (Å²) in [5.41, 5.74) is 0.0836. The Balaban J connectivity index is 1.64. The van der Waals surface area contributed by atoms with Gasteiger partial charge in [0.2, 0.25) is 0 Å². The van der Waals surface area contributed by atoms with E-state index in [-0.39, 0.29) is 19.1 Å². The van der Waals surface area contributed by atoms with Crippen LogP contribution in [0.2, 0.25) is 0 Å². The maximum Gasteiger partial charge on any atom is 0.328 e. The Hall–Kier alpha value is -3.03. The molecule has 0 unspecified atom stereocenters. The first-order valence-electron chi connectivity index (χ1n) is 7.56. The van der Waals surface area contributed by atoms with Crippen molar-refractivity contribution in [2.75, 3.05) is 19.7 Å². The van der Waals surface area contributed by atoms with Crippen molar-refractivity contribution < 1.29 is 9.53 Å². The molecule has 24 heavy (non-hydrogen) atoms. The first kappa shape index (κ1) is 17.3. The van der Waals surface area contributed by atoms with Gasteiger partial charge in [-0.3, -0.25) is 14.3 Å². The second-order valence-electron chi connectivity index (χ2n) is 5.10. The van der Waals surface area contributed by atoms with E-state index >= 15 is 0 Å². The first-order valence-corrected chi connectivity index (χ1v) is 7.56. The second-order valence-corrected chi connectivity index (χ2v) is 5.10. The predicted molar refractivity (Wildman–Crippen MR) is 89.4 cm³/mol. The lowest BCUT2D eigenvalue weighted by atomic mass is 10.2. The van der Waals surface area contributed by atoms with E-state index in [9.17, 15) is 14.4 Å². The van der Waals surface area contributed by atoms with Crippen LogP contribution < -0.4 is 26.6 Å². The zero-order valence-corrected chi connectivity index (χ0v) is 13.4. The van der Waals surface area contributed by atoms with E-state index in [1.807, 2.05) is 31.2 Å². The van der Waals surface area contributed by atoms with E-state index < -0.39 is 11.2 Å². The number of ether oxygens (including phenoxy) is 1. The Morgan fingerprint density at radius 1 is 1.17 bits per heavy atom. The van der Waals surface area contributed by atoms with E-state index in [4.69, 9.17) is 4.74 Å². The molecule has 0 radical (unpaired) electrons. The molecule has 2 aromatic rings.